The van der Waals surface area contributed by atoms with Crippen molar-refractivity contribution in [2.45, 2.75) is 90.4 Å². The van der Waals surface area contributed by atoms with Crippen LogP contribution in [0.25, 0.3) is 0 Å². The highest BCUT2D eigenvalue weighted by atomic mass is 16.4. The van der Waals surface area contributed by atoms with Crippen LogP contribution >= 0.6 is 0 Å². The topological polar surface area (TPSA) is 74.6 Å². The molecule has 0 fully saturated rings. The Balaban J connectivity index is 3.54. The van der Waals surface area contributed by atoms with E-state index in [9.17, 15) is 14.7 Å². The number of hydrogen-bond acceptors (Lipinski definition) is 3. The highest BCUT2D eigenvalue weighted by Gasteiger charge is 2.02. The summed E-state index contributed by atoms with van der Waals surface area (Å²) in [6.45, 7) is 2.16. The first kappa shape index (κ1) is 20.7. The molecule has 0 bridgehead atoms. The Morgan fingerprint density at radius 3 is 1.82 bits per heavy atom. The van der Waals surface area contributed by atoms with Crippen molar-refractivity contribution in [3.8, 4) is 0 Å². The molecule has 128 valence electrons. The van der Waals surface area contributed by atoms with E-state index in [-0.39, 0.29) is 18.0 Å². The number of allylic oxidation sites excluding steroid dienone is 2. The van der Waals surface area contributed by atoms with Crippen LogP contribution in [0.2, 0.25) is 0 Å². The summed E-state index contributed by atoms with van der Waals surface area (Å²) in [7, 11) is 0. The van der Waals surface area contributed by atoms with E-state index in [4.69, 9.17) is 5.11 Å². The van der Waals surface area contributed by atoms with Crippen LogP contribution < -0.4 is 0 Å². The lowest BCUT2D eigenvalue weighted by molar-refractivity contribution is -0.137. The zero-order chi connectivity index (χ0) is 16.6. The van der Waals surface area contributed by atoms with Crippen molar-refractivity contribution >= 4 is 11.8 Å². The highest BCUT2D eigenvalue weighted by Crippen LogP contribution is 2.11. The molecule has 0 aromatic heterocycles. The number of carbonyl (C=O) groups excluding carboxylic acids is 1. The fraction of sp³-hybridized carbons (Fsp3) is 0.778. The molecule has 0 radical (unpaired) electrons. The first-order chi connectivity index (χ1) is 10.6. The van der Waals surface area contributed by atoms with Gasteiger partial charge >= 0.3 is 5.97 Å². The molecule has 0 heterocycles. The molecule has 0 unspecified atom stereocenters. The van der Waals surface area contributed by atoms with Gasteiger partial charge in [0.15, 0.2) is 5.78 Å². The molecule has 0 amide bonds. The van der Waals surface area contributed by atoms with Gasteiger partial charge in [-0.1, -0.05) is 51.9 Å². The van der Waals surface area contributed by atoms with Crippen molar-refractivity contribution in [3.63, 3.8) is 0 Å². The van der Waals surface area contributed by atoms with Crippen LogP contribution in [-0.2, 0) is 9.59 Å². The second kappa shape index (κ2) is 14.6. The standard InChI is InChI=1S/C18H32O4/c1-2-3-4-6-9-12-16(19)15-17(20)13-10-7-5-8-11-14-18(21)22/h15,20H,2-14H2,1H3,(H,21,22)/b17-15-. The average Bonchev–Trinajstić information content (AvgIpc) is 2.45. The van der Waals surface area contributed by atoms with Gasteiger partial charge in [-0.15, -0.1) is 0 Å². The van der Waals surface area contributed by atoms with Crippen LogP contribution in [0.15, 0.2) is 11.8 Å². The molecule has 0 aliphatic carbocycles. The predicted molar refractivity (Wildman–Crippen MR) is 89.0 cm³/mol. The first-order valence-electron chi connectivity index (χ1n) is 8.70. The number of carboxylic acids is 1. The second-order valence-corrected chi connectivity index (χ2v) is 5.93. The minimum absolute atomic E-state index is 0.0236. The van der Waals surface area contributed by atoms with Crippen molar-refractivity contribution in [2.24, 2.45) is 0 Å². The van der Waals surface area contributed by atoms with Crippen molar-refractivity contribution in [3.05, 3.63) is 11.8 Å². The number of ketones is 1. The Morgan fingerprint density at radius 1 is 0.727 bits per heavy atom. The Bertz CT molecular complexity index is 334. The van der Waals surface area contributed by atoms with Crippen molar-refractivity contribution in [2.75, 3.05) is 0 Å². The van der Waals surface area contributed by atoms with Crippen molar-refractivity contribution in [1.29, 1.82) is 0 Å². The summed E-state index contributed by atoms with van der Waals surface area (Å²) in [6.07, 6.45) is 12.7. The van der Waals surface area contributed by atoms with Gasteiger partial charge < -0.3 is 10.2 Å². The molecule has 0 saturated carbocycles. The van der Waals surface area contributed by atoms with Gasteiger partial charge in [0, 0.05) is 25.3 Å². The highest BCUT2D eigenvalue weighted by molar-refractivity contribution is 5.89. The zero-order valence-electron chi connectivity index (χ0n) is 14.0. The van der Waals surface area contributed by atoms with Gasteiger partial charge in [0.2, 0.25) is 0 Å². The summed E-state index contributed by atoms with van der Waals surface area (Å²) in [4.78, 5) is 22.0. The molecular formula is C18H32O4. The Hall–Kier alpha value is -1.32. The summed E-state index contributed by atoms with van der Waals surface area (Å²) in [5.41, 5.74) is 0. The number of hydrogen-bond donors (Lipinski definition) is 2. The van der Waals surface area contributed by atoms with E-state index in [0.717, 1.165) is 38.5 Å². The molecule has 0 aromatic rings. The van der Waals surface area contributed by atoms with Gasteiger partial charge in [0.25, 0.3) is 0 Å². The largest absolute Gasteiger partial charge is 0.512 e. The van der Waals surface area contributed by atoms with Crippen LogP contribution in [0, 0.1) is 0 Å². The van der Waals surface area contributed by atoms with Crippen LogP contribution in [0.5, 0.6) is 0 Å². The Morgan fingerprint density at radius 2 is 1.23 bits per heavy atom. The molecule has 4 heteroatoms. The normalized spacial score (nSPS) is 11.6. The molecule has 4 nitrogen and oxygen atoms in total. The first-order valence-corrected chi connectivity index (χ1v) is 8.70. The summed E-state index contributed by atoms with van der Waals surface area (Å²) < 4.78 is 0. The maximum absolute atomic E-state index is 11.6. The molecule has 0 aliphatic rings. The third-order valence-corrected chi connectivity index (χ3v) is 3.68. The summed E-state index contributed by atoms with van der Waals surface area (Å²) in [5, 5.41) is 18.2. The molecule has 0 spiro atoms. The number of aliphatic hydroxyl groups excluding tert-OH is 1. The number of rotatable bonds is 15. The zero-order valence-corrected chi connectivity index (χ0v) is 14.0. The number of carboxylic acid groups (broad SMARTS) is 1. The number of aliphatic hydroxyl groups is 1. The van der Waals surface area contributed by atoms with E-state index in [0.29, 0.717) is 19.3 Å². The third kappa shape index (κ3) is 15.1. The SMILES string of the molecule is CCCCCCCC(=O)/C=C(\O)CCCCCCCC(=O)O. The lowest BCUT2D eigenvalue weighted by Gasteiger charge is -2.02. The van der Waals surface area contributed by atoms with Crippen LogP contribution in [0.4, 0.5) is 0 Å². The van der Waals surface area contributed by atoms with Gasteiger partial charge in [0.05, 0.1) is 5.76 Å². The maximum Gasteiger partial charge on any atom is 0.303 e. The smallest absolute Gasteiger partial charge is 0.303 e. The van der Waals surface area contributed by atoms with Gasteiger partial charge in [-0.25, -0.2) is 0 Å². The minimum atomic E-state index is -0.742. The van der Waals surface area contributed by atoms with Gasteiger partial charge in [-0.3, -0.25) is 9.59 Å². The minimum Gasteiger partial charge on any atom is -0.512 e. The molecule has 0 rings (SSSR count). The lowest BCUT2D eigenvalue weighted by atomic mass is 10.1. The van der Waals surface area contributed by atoms with Crippen LogP contribution in [-0.4, -0.2) is 22.0 Å². The number of unbranched alkanes of at least 4 members (excludes halogenated alkanes) is 8. The van der Waals surface area contributed by atoms with Gasteiger partial charge in [-0.05, 0) is 19.3 Å². The predicted octanol–water partition coefficient (Wildman–Crippen LogP) is 5.17. The molecule has 0 aliphatic heterocycles. The fourth-order valence-corrected chi connectivity index (χ4v) is 2.35. The van der Waals surface area contributed by atoms with E-state index in [1.807, 2.05) is 0 Å². The fourth-order valence-electron chi connectivity index (χ4n) is 2.35. The molecule has 2 N–H and O–H groups in total. The summed E-state index contributed by atoms with van der Waals surface area (Å²) in [5.74, 6) is -0.534. The second-order valence-electron chi connectivity index (χ2n) is 5.93. The quantitative estimate of drug-likeness (QED) is 0.248. The van der Waals surface area contributed by atoms with Gasteiger partial charge in [0.1, 0.15) is 0 Å². The maximum atomic E-state index is 11.6. The van der Waals surface area contributed by atoms with Gasteiger partial charge in [-0.2, -0.15) is 0 Å². The lowest BCUT2D eigenvalue weighted by Crippen LogP contribution is -1.96. The third-order valence-electron chi connectivity index (χ3n) is 3.68. The summed E-state index contributed by atoms with van der Waals surface area (Å²) in [6, 6.07) is 0. The number of carbonyl (C=O) groups is 2. The van der Waals surface area contributed by atoms with Crippen LogP contribution in [0.1, 0.15) is 90.4 Å². The van der Waals surface area contributed by atoms with E-state index in [2.05, 4.69) is 6.92 Å². The van der Waals surface area contributed by atoms with Crippen LogP contribution in [0.3, 0.4) is 0 Å². The molecular weight excluding hydrogens is 280 g/mol. The monoisotopic (exact) mass is 312 g/mol. The summed E-state index contributed by atoms with van der Waals surface area (Å²) >= 11 is 0. The van der Waals surface area contributed by atoms with E-state index in [1.165, 1.54) is 25.3 Å². The molecule has 0 aromatic carbocycles. The molecule has 0 saturated heterocycles. The van der Waals surface area contributed by atoms with E-state index < -0.39 is 5.97 Å². The van der Waals surface area contributed by atoms with E-state index >= 15 is 0 Å². The average molecular weight is 312 g/mol. The van der Waals surface area contributed by atoms with E-state index in [1.54, 1.807) is 0 Å². The molecule has 0 atom stereocenters. The molecule has 22 heavy (non-hydrogen) atoms. The number of aliphatic carboxylic acids is 1. The Labute approximate surface area is 134 Å². The van der Waals surface area contributed by atoms with Crippen molar-refractivity contribution < 1.29 is 19.8 Å². The Kier molecular flexibility index (Phi) is 13.7. The van der Waals surface area contributed by atoms with Crippen molar-refractivity contribution in [1.82, 2.24) is 0 Å².